The highest BCUT2D eigenvalue weighted by molar-refractivity contribution is 5.51. The Morgan fingerprint density at radius 1 is 1.20 bits per heavy atom. The Morgan fingerprint density at radius 2 is 2.00 bits per heavy atom. The number of hydrogen-bond acceptors (Lipinski definition) is 2. The molecular weight excluding hydrogens is 251 g/mol. The van der Waals surface area contributed by atoms with Crippen molar-refractivity contribution in [1.82, 2.24) is 5.32 Å². The number of unbranched alkanes of at least 4 members (excludes halogenated alkanes) is 1. The maximum absolute atomic E-state index is 13.9. The molecule has 1 aromatic carbocycles. The molecule has 3 heteroatoms. The van der Waals surface area contributed by atoms with Crippen molar-refractivity contribution in [3.05, 3.63) is 29.6 Å². The second-order valence-corrected chi connectivity index (χ2v) is 6.25. The standard InChI is InChI=1S/C17H25FN2/c1-2-3-8-20(16-6-7-16)17-10-13(9-14(18)11-17)12-19-15-4-5-15/h9-11,15-16,19H,2-8,12H2,1H3. The Hall–Kier alpha value is -1.09. The fraction of sp³-hybridized carbons (Fsp3) is 0.647. The molecule has 2 nitrogen and oxygen atoms in total. The molecule has 2 aliphatic carbocycles. The smallest absolute Gasteiger partial charge is 0.125 e. The molecule has 0 radical (unpaired) electrons. The van der Waals surface area contributed by atoms with Gasteiger partial charge in [0.05, 0.1) is 0 Å². The summed E-state index contributed by atoms with van der Waals surface area (Å²) >= 11 is 0. The lowest BCUT2D eigenvalue weighted by molar-refractivity contribution is 0.616. The molecule has 110 valence electrons. The number of benzene rings is 1. The van der Waals surface area contributed by atoms with Crippen LogP contribution in [-0.4, -0.2) is 18.6 Å². The summed E-state index contributed by atoms with van der Waals surface area (Å²) < 4.78 is 13.9. The van der Waals surface area contributed by atoms with Gasteiger partial charge in [-0.3, -0.25) is 0 Å². The minimum absolute atomic E-state index is 0.0998. The lowest BCUT2D eigenvalue weighted by atomic mass is 10.1. The van der Waals surface area contributed by atoms with E-state index in [1.807, 2.05) is 0 Å². The zero-order chi connectivity index (χ0) is 13.9. The predicted octanol–water partition coefficient (Wildman–Crippen LogP) is 3.85. The minimum Gasteiger partial charge on any atom is -0.368 e. The number of hydrogen-bond donors (Lipinski definition) is 1. The lowest BCUT2D eigenvalue weighted by Gasteiger charge is -2.25. The Kier molecular flexibility index (Phi) is 4.25. The number of anilines is 1. The van der Waals surface area contributed by atoms with Gasteiger partial charge in [-0.05, 0) is 55.9 Å². The minimum atomic E-state index is -0.0998. The summed E-state index contributed by atoms with van der Waals surface area (Å²) in [5.41, 5.74) is 2.16. The van der Waals surface area contributed by atoms with Crippen molar-refractivity contribution >= 4 is 5.69 Å². The molecule has 3 rings (SSSR count). The molecule has 1 N–H and O–H groups in total. The van der Waals surface area contributed by atoms with Gasteiger partial charge in [-0.25, -0.2) is 4.39 Å². The Labute approximate surface area is 121 Å². The molecule has 0 bridgehead atoms. The second kappa shape index (κ2) is 6.13. The van der Waals surface area contributed by atoms with E-state index in [0.717, 1.165) is 24.3 Å². The molecule has 0 unspecified atom stereocenters. The largest absolute Gasteiger partial charge is 0.368 e. The van der Waals surface area contributed by atoms with E-state index >= 15 is 0 Å². The van der Waals surface area contributed by atoms with Gasteiger partial charge >= 0.3 is 0 Å². The third kappa shape index (κ3) is 3.72. The van der Waals surface area contributed by atoms with Gasteiger partial charge in [0.2, 0.25) is 0 Å². The van der Waals surface area contributed by atoms with Crippen LogP contribution in [-0.2, 0) is 6.54 Å². The summed E-state index contributed by atoms with van der Waals surface area (Å²) in [6.45, 7) is 4.06. The molecule has 0 aliphatic heterocycles. The summed E-state index contributed by atoms with van der Waals surface area (Å²) in [6.07, 6.45) is 7.43. The van der Waals surface area contributed by atoms with Crippen molar-refractivity contribution in [2.24, 2.45) is 0 Å². The highest BCUT2D eigenvalue weighted by atomic mass is 19.1. The molecule has 0 saturated heterocycles. The molecule has 2 aliphatic rings. The van der Waals surface area contributed by atoms with Crippen LogP contribution in [0.5, 0.6) is 0 Å². The van der Waals surface area contributed by atoms with Crippen LogP contribution in [0.25, 0.3) is 0 Å². The van der Waals surface area contributed by atoms with Gasteiger partial charge in [-0.1, -0.05) is 13.3 Å². The molecular formula is C17H25FN2. The van der Waals surface area contributed by atoms with E-state index in [2.05, 4.69) is 23.2 Å². The van der Waals surface area contributed by atoms with Gasteiger partial charge in [-0.15, -0.1) is 0 Å². The molecule has 20 heavy (non-hydrogen) atoms. The van der Waals surface area contributed by atoms with Crippen molar-refractivity contribution in [2.45, 2.75) is 64.1 Å². The molecule has 2 saturated carbocycles. The maximum Gasteiger partial charge on any atom is 0.125 e. The third-order valence-electron chi connectivity index (χ3n) is 4.19. The van der Waals surface area contributed by atoms with E-state index < -0.39 is 0 Å². The lowest BCUT2D eigenvalue weighted by Crippen LogP contribution is -2.27. The van der Waals surface area contributed by atoms with Crippen LogP contribution in [0, 0.1) is 5.82 Å². The van der Waals surface area contributed by atoms with Crippen LogP contribution in [0.15, 0.2) is 18.2 Å². The maximum atomic E-state index is 13.9. The van der Waals surface area contributed by atoms with E-state index in [4.69, 9.17) is 0 Å². The van der Waals surface area contributed by atoms with Gasteiger partial charge in [0, 0.05) is 30.9 Å². The summed E-state index contributed by atoms with van der Waals surface area (Å²) in [6, 6.07) is 6.86. The summed E-state index contributed by atoms with van der Waals surface area (Å²) in [5.74, 6) is -0.0998. The normalized spacial score (nSPS) is 18.3. The molecule has 0 spiro atoms. The molecule has 0 atom stereocenters. The molecule has 0 amide bonds. The van der Waals surface area contributed by atoms with Crippen LogP contribution >= 0.6 is 0 Å². The van der Waals surface area contributed by atoms with E-state index in [9.17, 15) is 4.39 Å². The van der Waals surface area contributed by atoms with E-state index in [0.29, 0.717) is 12.1 Å². The van der Waals surface area contributed by atoms with Gasteiger partial charge < -0.3 is 10.2 Å². The molecule has 1 aromatic rings. The third-order valence-corrected chi connectivity index (χ3v) is 4.19. The van der Waals surface area contributed by atoms with Crippen LogP contribution in [0.2, 0.25) is 0 Å². The zero-order valence-corrected chi connectivity index (χ0v) is 12.4. The summed E-state index contributed by atoms with van der Waals surface area (Å²) in [7, 11) is 0. The average molecular weight is 276 g/mol. The Bertz CT molecular complexity index is 452. The SMILES string of the molecule is CCCCN(c1cc(F)cc(CNC2CC2)c1)C1CC1. The van der Waals surface area contributed by atoms with Crippen molar-refractivity contribution in [1.29, 1.82) is 0 Å². The average Bonchev–Trinajstić information content (AvgIpc) is 3.29. The fourth-order valence-corrected chi connectivity index (χ4v) is 2.69. The topological polar surface area (TPSA) is 15.3 Å². The first-order valence-electron chi connectivity index (χ1n) is 8.05. The molecule has 0 aromatic heterocycles. The number of rotatable bonds is 8. The zero-order valence-electron chi connectivity index (χ0n) is 12.4. The second-order valence-electron chi connectivity index (χ2n) is 6.25. The van der Waals surface area contributed by atoms with Gasteiger partial charge in [0.1, 0.15) is 5.82 Å². The quantitative estimate of drug-likeness (QED) is 0.776. The van der Waals surface area contributed by atoms with Crippen molar-refractivity contribution in [3.63, 3.8) is 0 Å². The number of nitrogens with zero attached hydrogens (tertiary/aromatic N) is 1. The van der Waals surface area contributed by atoms with Crippen molar-refractivity contribution in [3.8, 4) is 0 Å². The van der Waals surface area contributed by atoms with E-state index in [1.165, 1.54) is 38.5 Å². The Morgan fingerprint density at radius 3 is 2.65 bits per heavy atom. The summed E-state index contributed by atoms with van der Waals surface area (Å²) in [4.78, 5) is 2.41. The highest BCUT2D eigenvalue weighted by Gasteiger charge is 2.29. The van der Waals surface area contributed by atoms with Crippen LogP contribution in [0.3, 0.4) is 0 Å². The first kappa shape index (κ1) is 13.9. The predicted molar refractivity (Wildman–Crippen MR) is 81.5 cm³/mol. The van der Waals surface area contributed by atoms with Gasteiger partial charge in [-0.2, -0.15) is 0 Å². The fourth-order valence-electron chi connectivity index (χ4n) is 2.69. The molecule has 0 heterocycles. The van der Waals surface area contributed by atoms with E-state index in [1.54, 1.807) is 12.1 Å². The monoisotopic (exact) mass is 276 g/mol. The first-order chi connectivity index (χ1) is 9.76. The van der Waals surface area contributed by atoms with Crippen molar-refractivity contribution < 1.29 is 4.39 Å². The highest BCUT2D eigenvalue weighted by Crippen LogP contribution is 2.33. The first-order valence-corrected chi connectivity index (χ1v) is 8.05. The number of nitrogens with one attached hydrogen (secondary N) is 1. The molecule has 2 fully saturated rings. The van der Waals surface area contributed by atoms with Gasteiger partial charge in [0.15, 0.2) is 0 Å². The van der Waals surface area contributed by atoms with Crippen LogP contribution in [0.1, 0.15) is 51.0 Å². The number of halogens is 1. The van der Waals surface area contributed by atoms with Crippen LogP contribution < -0.4 is 10.2 Å². The van der Waals surface area contributed by atoms with Crippen LogP contribution in [0.4, 0.5) is 10.1 Å². The Balaban J connectivity index is 1.71. The summed E-state index contributed by atoms with van der Waals surface area (Å²) in [5, 5.41) is 3.47. The van der Waals surface area contributed by atoms with E-state index in [-0.39, 0.29) is 5.82 Å². The van der Waals surface area contributed by atoms with Gasteiger partial charge in [0.25, 0.3) is 0 Å². The van der Waals surface area contributed by atoms with Crippen molar-refractivity contribution in [2.75, 3.05) is 11.4 Å².